The summed E-state index contributed by atoms with van der Waals surface area (Å²) in [4.78, 5) is 9.11. The Balaban J connectivity index is 2.02. The molecule has 0 N–H and O–H groups in total. The molecular weight excluding hydrogens is 317 g/mol. The fourth-order valence-electron chi connectivity index (χ4n) is 2.34. The topological polar surface area (TPSA) is 30.2 Å². The van der Waals surface area contributed by atoms with E-state index in [1.807, 2.05) is 24.3 Å². The normalized spacial score (nSPS) is 11.6. The molecule has 3 rings (SSSR count). The third kappa shape index (κ3) is 3.01. The number of aliphatic imine (C=N–C) groups is 1. The van der Waals surface area contributed by atoms with Gasteiger partial charge in [0, 0.05) is 23.3 Å². The number of para-hydroxylation sites is 2. The quantitative estimate of drug-likeness (QED) is 0.580. The molecule has 0 aliphatic heterocycles. The lowest BCUT2D eigenvalue weighted by Gasteiger charge is -2.04. The molecule has 0 spiro atoms. The van der Waals surface area contributed by atoms with Crippen LogP contribution in [0.4, 0.5) is 5.95 Å². The van der Waals surface area contributed by atoms with Crippen molar-refractivity contribution in [2.45, 2.75) is 19.9 Å². The van der Waals surface area contributed by atoms with Gasteiger partial charge in [0.2, 0.25) is 5.95 Å². The largest absolute Gasteiger partial charge is 0.308 e. The highest BCUT2D eigenvalue weighted by atomic mass is 35.5. The fraction of sp³-hybridized carbons (Fsp3) is 0.176. The lowest BCUT2D eigenvalue weighted by atomic mass is 10.2. The van der Waals surface area contributed by atoms with Crippen LogP contribution in [-0.4, -0.2) is 15.8 Å². The molecule has 0 saturated carbocycles. The van der Waals surface area contributed by atoms with Crippen molar-refractivity contribution in [2.24, 2.45) is 4.99 Å². The summed E-state index contributed by atoms with van der Waals surface area (Å²) in [7, 11) is 0. The van der Waals surface area contributed by atoms with Crippen LogP contribution in [-0.2, 0) is 6.54 Å². The van der Waals surface area contributed by atoms with Crippen molar-refractivity contribution in [3.8, 4) is 0 Å². The number of fused-ring (bicyclic) bond motifs is 1. The summed E-state index contributed by atoms with van der Waals surface area (Å²) in [5, 5.41) is 1.19. The molecule has 112 valence electrons. The molecule has 3 aromatic rings. The van der Waals surface area contributed by atoms with Crippen LogP contribution < -0.4 is 0 Å². The second-order valence-electron chi connectivity index (χ2n) is 4.98. The molecule has 0 unspecified atom stereocenters. The Labute approximate surface area is 139 Å². The Morgan fingerprint density at radius 2 is 2.00 bits per heavy atom. The average Bonchev–Trinajstić information content (AvgIpc) is 2.85. The Kier molecular flexibility index (Phi) is 4.46. The van der Waals surface area contributed by atoms with E-state index in [0.717, 1.165) is 29.6 Å². The van der Waals surface area contributed by atoms with Gasteiger partial charge >= 0.3 is 0 Å². The van der Waals surface area contributed by atoms with Gasteiger partial charge in [-0.1, -0.05) is 48.3 Å². The number of halogens is 2. The van der Waals surface area contributed by atoms with Gasteiger partial charge in [0.15, 0.2) is 0 Å². The van der Waals surface area contributed by atoms with Crippen LogP contribution >= 0.6 is 23.2 Å². The molecule has 1 heterocycles. The van der Waals surface area contributed by atoms with E-state index in [1.54, 1.807) is 18.3 Å². The van der Waals surface area contributed by atoms with Gasteiger partial charge in [-0.3, -0.25) is 0 Å². The number of benzene rings is 2. The van der Waals surface area contributed by atoms with Gasteiger partial charge in [-0.25, -0.2) is 9.98 Å². The second-order valence-corrected chi connectivity index (χ2v) is 5.82. The number of nitrogens with zero attached hydrogens (tertiary/aromatic N) is 3. The maximum atomic E-state index is 6.17. The third-order valence-electron chi connectivity index (χ3n) is 3.36. The number of hydrogen-bond acceptors (Lipinski definition) is 2. The molecule has 2 aromatic carbocycles. The zero-order valence-corrected chi connectivity index (χ0v) is 13.6. The highest BCUT2D eigenvalue weighted by Gasteiger charge is 2.08. The Bertz CT molecular complexity index is 837. The standard InChI is InChI=1S/C17H15Cl2N3/c1-2-9-22-16-6-4-3-5-15(16)21-17(22)20-11-12-7-8-13(18)10-14(12)19/h3-8,10-11H,2,9H2,1H3. The first-order valence-corrected chi connectivity index (χ1v) is 7.89. The highest BCUT2D eigenvalue weighted by molar-refractivity contribution is 6.36. The van der Waals surface area contributed by atoms with E-state index < -0.39 is 0 Å². The minimum atomic E-state index is 0.578. The summed E-state index contributed by atoms with van der Waals surface area (Å²) in [6, 6.07) is 13.4. The first-order chi connectivity index (χ1) is 10.7. The Morgan fingerprint density at radius 3 is 2.77 bits per heavy atom. The van der Waals surface area contributed by atoms with E-state index in [4.69, 9.17) is 23.2 Å². The van der Waals surface area contributed by atoms with Gasteiger partial charge in [0.1, 0.15) is 0 Å². The van der Waals surface area contributed by atoms with Gasteiger partial charge in [-0.05, 0) is 30.7 Å². The van der Waals surface area contributed by atoms with E-state index in [-0.39, 0.29) is 0 Å². The molecule has 0 aliphatic rings. The smallest absolute Gasteiger partial charge is 0.230 e. The van der Waals surface area contributed by atoms with Gasteiger partial charge in [-0.15, -0.1) is 0 Å². The Morgan fingerprint density at radius 1 is 1.18 bits per heavy atom. The van der Waals surface area contributed by atoms with E-state index in [2.05, 4.69) is 27.5 Å². The summed E-state index contributed by atoms with van der Waals surface area (Å²) in [5.41, 5.74) is 2.87. The van der Waals surface area contributed by atoms with Gasteiger partial charge in [-0.2, -0.15) is 0 Å². The summed E-state index contributed by atoms with van der Waals surface area (Å²) in [6.45, 7) is 3.01. The lowest BCUT2D eigenvalue weighted by Crippen LogP contribution is -1.96. The number of aryl methyl sites for hydroxylation is 1. The molecule has 22 heavy (non-hydrogen) atoms. The molecule has 0 saturated heterocycles. The molecule has 0 atom stereocenters. The molecule has 0 aliphatic carbocycles. The summed E-state index contributed by atoms with van der Waals surface area (Å²) in [5.74, 6) is 0.689. The van der Waals surface area contributed by atoms with Crippen LogP contribution in [0.15, 0.2) is 47.5 Å². The van der Waals surface area contributed by atoms with Gasteiger partial charge < -0.3 is 4.57 Å². The van der Waals surface area contributed by atoms with Crippen LogP contribution in [0.5, 0.6) is 0 Å². The van der Waals surface area contributed by atoms with Crippen LogP contribution in [0.2, 0.25) is 10.0 Å². The zero-order valence-electron chi connectivity index (χ0n) is 12.1. The summed E-state index contributed by atoms with van der Waals surface area (Å²) in [6.07, 6.45) is 2.75. The minimum Gasteiger partial charge on any atom is -0.308 e. The molecule has 0 fully saturated rings. The molecular formula is C17H15Cl2N3. The van der Waals surface area contributed by atoms with Crippen molar-refractivity contribution < 1.29 is 0 Å². The zero-order chi connectivity index (χ0) is 15.5. The maximum Gasteiger partial charge on any atom is 0.230 e. The number of hydrogen-bond donors (Lipinski definition) is 0. The van der Waals surface area contributed by atoms with Gasteiger partial charge in [0.25, 0.3) is 0 Å². The number of aromatic nitrogens is 2. The van der Waals surface area contributed by atoms with E-state index in [1.165, 1.54) is 0 Å². The lowest BCUT2D eigenvalue weighted by molar-refractivity contribution is 0.701. The second kappa shape index (κ2) is 6.51. The SMILES string of the molecule is CCCn1c(N=Cc2ccc(Cl)cc2Cl)nc2ccccc21. The molecule has 3 nitrogen and oxygen atoms in total. The molecule has 0 amide bonds. The third-order valence-corrected chi connectivity index (χ3v) is 3.93. The number of rotatable bonds is 4. The van der Waals surface area contributed by atoms with E-state index in [0.29, 0.717) is 16.0 Å². The predicted molar refractivity (Wildman–Crippen MR) is 93.7 cm³/mol. The van der Waals surface area contributed by atoms with Crippen molar-refractivity contribution in [2.75, 3.05) is 0 Å². The minimum absolute atomic E-state index is 0.578. The molecule has 0 bridgehead atoms. The summed E-state index contributed by atoms with van der Waals surface area (Å²) < 4.78 is 2.12. The molecule has 5 heteroatoms. The monoisotopic (exact) mass is 331 g/mol. The van der Waals surface area contributed by atoms with Crippen molar-refractivity contribution in [3.63, 3.8) is 0 Å². The fourth-order valence-corrected chi connectivity index (χ4v) is 2.80. The summed E-state index contributed by atoms with van der Waals surface area (Å²) >= 11 is 12.1. The first kappa shape index (κ1) is 15.1. The Hall–Kier alpha value is -1.84. The van der Waals surface area contributed by atoms with Crippen molar-refractivity contribution in [1.29, 1.82) is 0 Å². The van der Waals surface area contributed by atoms with Crippen LogP contribution in [0, 0.1) is 0 Å². The van der Waals surface area contributed by atoms with Gasteiger partial charge in [0.05, 0.1) is 16.1 Å². The van der Waals surface area contributed by atoms with E-state index >= 15 is 0 Å². The van der Waals surface area contributed by atoms with E-state index in [9.17, 15) is 0 Å². The van der Waals surface area contributed by atoms with Crippen LogP contribution in [0.1, 0.15) is 18.9 Å². The van der Waals surface area contributed by atoms with Crippen molar-refractivity contribution in [1.82, 2.24) is 9.55 Å². The van der Waals surface area contributed by atoms with Crippen molar-refractivity contribution >= 4 is 46.4 Å². The average molecular weight is 332 g/mol. The van der Waals surface area contributed by atoms with Crippen LogP contribution in [0.25, 0.3) is 11.0 Å². The predicted octanol–water partition coefficient (Wildman–Crippen LogP) is 5.50. The number of imidazole rings is 1. The first-order valence-electron chi connectivity index (χ1n) is 7.13. The molecule has 1 aromatic heterocycles. The molecule has 0 radical (unpaired) electrons. The van der Waals surface area contributed by atoms with Crippen LogP contribution in [0.3, 0.4) is 0 Å². The van der Waals surface area contributed by atoms with Crippen molar-refractivity contribution in [3.05, 3.63) is 58.1 Å². The maximum absolute atomic E-state index is 6.17. The highest BCUT2D eigenvalue weighted by Crippen LogP contribution is 2.23.